The number of amides is 3. The molecule has 4 aromatic carbocycles. The van der Waals surface area contributed by atoms with Crippen LogP contribution in [0.1, 0.15) is 58.3 Å². The van der Waals surface area contributed by atoms with Gasteiger partial charge in [0.15, 0.2) is 0 Å². The minimum absolute atomic E-state index is 0.0982. The first-order chi connectivity index (χ1) is 20.5. The molecule has 0 fully saturated rings. The quantitative estimate of drug-likeness (QED) is 0.168. The Morgan fingerprint density at radius 2 is 1.58 bits per heavy atom. The molecule has 1 aromatic heterocycles. The molecule has 0 aliphatic carbocycles. The van der Waals surface area contributed by atoms with E-state index in [-0.39, 0.29) is 35.0 Å². The molecule has 0 unspecified atom stereocenters. The van der Waals surface area contributed by atoms with Crippen molar-refractivity contribution in [1.82, 2.24) is 15.1 Å². The third-order valence-corrected chi connectivity index (χ3v) is 7.12. The molecule has 0 saturated carbocycles. The molecule has 9 nitrogen and oxygen atoms in total. The normalized spacial score (nSPS) is 11.3. The molecule has 218 valence electrons. The molecular formula is C34H33N5O4. The van der Waals surface area contributed by atoms with E-state index in [4.69, 9.17) is 5.10 Å². The van der Waals surface area contributed by atoms with Gasteiger partial charge >= 0.3 is 12.0 Å². The Hall–Kier alpha value is -5.44. The van der Waals surface area contributed by atoms with Crippen LogP contribution in [-0.4, -0.2) is 32.8 Å². The number of urea groups is 1. The van der Waals surface area contributed by atoms with Crippen LogP contribution in [0.5, 0.6) is 0 Å². The van der Waals surface area contributed by atoms with E-state index in [9.17, 15) is 19.5 Å². The van der Waals surface area contributed by atoms with Crippen LogP contribution < -0.4 is 16.0 Å². The van der Waals surface area contributed by atoms with E-state index in [2.05, 4.69) is 36.7 Å². The molecule has 4 N–H and O–H groups in total. The molecule has 3 amide bonds. The molecule has 1 heterocycles. The van der Waals surface area contributed by atoms with Crippen molar-refractivity contribution >= 4 is 40.2 Å². The van der Waals surface area contributed by atoms with Crippen molar-refractivity contribution in [2.24, 2.45) is 0 Å². The molecule has 5 rings (SSSR count). The summed E-state index contributed by atoms with van der Waals surface area (Å²) in [6, 6.07) is 27.2. The number of benzene rings is 4. The van der Waals surface area contributed by atoms with Crippen LogP contribution in [0, 0.1) is 6.92 Å². The third kappa shape index (κ3) is 6.56. The maximum Gasteiger partial charge on any atom is 0.335 e. The van der Waals surface area contributed by atoms with Crippen LogP contribution in [0.25, 0.3) is 16.5 Å². The van der Waals surface area contributed by atoms with Gasteiger partial charge in [0.25, 0.3) is 5.91 Å². The topological polar surface area (TPSA) is 125 Å². The monoisotopic (exact) mass is 575 g/mol. The zero-order valence-electron chi connectivity index (χ0n) is 24.4. The Morgan fingerprint density at radius 3 is 2.30 bits per heavy atom. The van der Waals surface area contributed by atoms with E-state index in [1.807, 2.05) is 72.8 Å². The number of hydrogen-bond acceptors (Lipinski definition) is 4. The van der Waals surface area contributed by atoms with E-state index in [1.165, 1.54) is 6.07 Å². The number of rotatable bonds is 7. The fourth-order valence-electron chi connectivity index (χ4n) is 4.67. The van der Waals surface area contributed by atoms with Crippen molar-refractivity contribution < 1.29 is 19.5 Å². The standard InChI is InChI=1S/C34H33N5O4/c1-21-12-15-24(18-27(21)32(41)42)31(40)35-20-22-13-16-25(17-14-22)39-30(19-29(38-39)34(2,3)4)37-33(43)36-28-11-7-9-23-8-5-6-10-26(23)28/h5-19H,20H2,1-4H3,(H,35,40)(H,41,42)(H2,36,37,43). The van der Waals surface area contributed by atoms with Gasteiger partial charge in [-0.15, -0.1) is 0 Å². The smallest absolute Gasteiger partial charge is 0.335 e. The van der Waals surface area contributed by atoms with E-state index in [0.717, 1.165) is 27.7 Å². The Morgan fingerprint density at radius 1 is 0.860 bits per heavy atom. The fraction of sp³-hybridized carbons (Fsp3) is 0.176. The molecule has 43 heavy (non-hydrogen) atoms. The van der Waals surface area contributed by atoms with Crippen LogP contribution in [0.2, 0.25) is 0 Å². The molecule has 9 heteroatoms. The number of carboxylic acid groups (broad SMARTS) is 1. The number of hydrogen-bond donors (Lipinski definition) is 4. The van der Waals surface area contributed by atoms with Crippen LogP contribution >= 0.6 is 0 Å². The minimum atomic E-state index is -1.07. The van der Waals surface area contributed by atoms with Crippen LogP contribution in [-0.2, 0) is 12.0 Å². The Balaban J connectivity index is 1.32. The molecule has 0 atom stereocenters. The average molecular weight is 576 g/mol. The number of nitrogens with one attached hydrogen (secondary N) is 3. The van der Waals surface area contributed by atoms with Gasteiger partial charge in [-0.3, -0.25) is 10.1 Å². The maximum atomic E-state index is 13.1. The number of carbonyl (C=O) groups excluding carboxylic acids is 2. The van der Waals surface area contributed by atoms with Gasteiger partial charge in [0.2, 0.25) is 0 Å². The highest BCUT2D eigenvalue weighted by atomic mass is 16.4. The highest BCUT2D eigenvalue weighted by Gasteiger charge is 2.22. The average Bonchev–Trinajstić information content (AvgIpc) is 3.40. The largest absolute Gasteiger partial charge is 0.478 e. The summed E-state index contributed by atoms with van der Waals surface area (Å²) in [7, 11) is 0. The van der Waals surface area contributed by atoms with Crippen molar-refractivity contribution in [3.63, 3.8) is 0 Å². The van der Waals surface area contributed by atoms with Gasteiger partial charge in [-0.2, -0.15) is 5.10 Å². The first-order valence-corrected chi connectivity index (χ1v) is 13.9. The zero-order valence-corrected chi connectivity index (χ0v) is 24.4. The summed E-state index contributed by atoms with van der Waals surface area (Å²) >= 11 is 0. The van der Waals surface area contributed by atoms with Crippen LogP contribution in [0.15, 0.2) is 91.0 Å². The SMILES string of the molecule is Cc1ccc(C(=O)NCc2ccc(-n3nc(C(C)(C)C)cc3NC(=O)Nc3cccc4ccccc34)cc2)cc1C(=O)O. The van der Waals surface area contributed by atoms with E-state index >= 15 is 0 Å². The van der Waals surface area contributed by atoms with Gasteiger partial charge in [-0.25, -0.2) is 14.3 Å². The number of fused-ring (bicyclic) bond motifs is 1. The lowest BCUT2D eigenvalue weighted by atomic mass is 9.92. The number of carboxylic acids is 1. The number of anilines is 2. The third-order valence-electron chi connectivity index (χ3n) is 7.12. The number of nitrogens with zero attached hydrogens (tertiary/aromatic N) is 2. The summed E-state index contributed by atoms with van der Waals surface area (Å²) in [5, 5.41) is 24.9. The molecule has 0 radical (unpaired) electrons. The van der Waals surface area contributed by atoms with E-state index in [0.29, 0.717) is 17.1 Å². The summed E-state index contributed by atoms with van der Waals surface area (Å²) in [6.45, 7) is 8.10. The predicted molar refractivity (Wildman–Crippen MR) is 168 cm³/mol. The summed E-state index contributed by atoms with van der Waals surface area (Å²) in [5.41, 5.74) is 3.80. The Bertz CT molecular complexity index is 1830. The van der Waals surface area contributed by atoms with Crippen molar-refractivity contribution in [2.45, 2.75) is 39.7 Å². The summed E-state index contributed by atoms with van der Waals surface area (Å²) in [5.74, 6) is -0.926. The summed E-state index contributed by atoms with van der Waals surface area (Å²) in [6.07, 6.45) is 0. The van der Waals surface area contributed by atoms with Crippen molar-refractivity contribution in [1.29, 1.82) is 0 Å². The van der Waals surface area contributed by atoms with Crippen molar-refractivity contribution in [3.8, 4) is 5.69 Å². The molecule has 0 bridgehead atoms. The van der Waals surface area contributed by atoms with Crippen molar-refractivity contribution in [3.05, 3.63) is 119 Å². The molecule has 0 saturated heterocycles. The van der Waals surface area contributed by atoms with Gasteiger partial charge < -0.3 is 15.7 Å². The number of aromatic nitrogens is 2. The van der Waals surface area contributed by atoms with Gasteiger partial charge in [0.05, 0.1) is 22.6 Å². The Labute approximate surface area is 249 Å². The number of carbonyl (C=O) groups is 3. The van der Waals surface area contributed by atoms with Gasteiger partial charge in [0, 0.05) is 29.0 Å². The summed E-state index contributed by atoms with van der Waals surface area (Å²) < 4.78 is 1.69. The van der Waals surface area contributed by atoms with Crippen LogP contribution in [0.4, 0.5) is 16.3 Å². The zero-order chi connectivity index (χ0) is 30.7. The second-order valence-corrected chi connectivity index (χ2v) is 11.4. The number of aromatic carboxylic acids is 1. The second kappa shape index (κ2) is 11.8. The lowest BCUT2D eigenvalue weighted by Crippen LogP contribution is -2.23. The first kappa shape index (κ1) is 29.1. The Kier molecular flexibility index (Phi) is 7.98. The fourth-order valence-corrected chi connectivity index (χ4v) is 4.67. The first-order valence-electron chi connectivity index (χ1n) is 13.9. The molecule has 0 aliphatic heterocycles. The predicted octanol–water partition coefficient (Wildman–Crippen LogP) is 6.90. The molecule has 5 aromatic rings. The second-order valence-electron chi connectivity index (χ2n) is 11.4. The number of aryl methyl sites for hydroxylation is 1. The van der Waals surface area contributed by atoms with E-state index < -0.39 is 5.97 Å². The maximum absolute atomic E-state index is 13.1. The van der Waals surface area contributed by atoms with Crippen molar-refractivity contribution in [2.75, 3.05) is 10.6 Å². The van der Waals surface area contributed by atoms with Crippen LogP contribution in [0.3, 0.4) is 0 Å². The summed E-state index contributed by atoms with van der Waals surface area (Å²) in [4.78, 5) is 37.2. The lowest BCUT2D eigenvalue weighted by Gasteiger charge is -2.14. The molecule has 0 spiro atoms. The lowest BCUT2D eigenvalue weighted by molar-refractivity contribution is 0.0696. The van der Waals surface area contributed by atoms with E-state index in [1.54, 1.807) is 23.7 Å². The highest BCUT2D eigenvalue weighted by molar-refractivity contribution is 6.06. The van der Waals surface area contributed by atoms with Gasteiger partial charge in [-0.05, 0) is 53.8 Å². The van der Waals surface area contributed by atoms with Gasteiger partial charge in [-0.1, -0.05) is 75.4 Å². The minimum Gasteiger partial charge on any atom is -0.478 e. The molecule has 0 aliphatic rings. The highest BCUT2D eigenvalue weighted by Crippen LogP contribution is 2.27. The van der Waals surface area contributed by atoms with Gasteiger partial charge in [0.1, 0.15) is 5.82 Å². The molecular weight excluding hydrogens is 542 g/mol.